The Morgan fingerprint density at radius 2 is 1.65 bits per heavy atom. The van der Waals surface area contributed by atoms with E-state index in [1.165, 1.54) is 10.8 Å². The van der Waals surface area contributed by atoms with Gasteiger partial charge in [0, 0.05) is 5.39 Å². The van der Waals surface area contributed by atoms with Crippen LogP contribution in [0.1, 0.15) is 11.3 Å². The van der Waals surface area contributed by atoms with Crippen LogP contribution in [0.3, 0.4) is 0 Å². The molecule has 1 heterocycles. The maximum atomic E-state index is 6.05. The van der Waals surface area contributed by atoms with Crippen molar-refractivity contribution in [3.05, 3.63) is 78.0 Å². The van der Waals surface area contributed by atoms with E-state index in [9.17, 15) is 0 Å². The van der Waals surface area contributed by atoms with Crippen LogP contribution in [-0.4, -0.2) is 15.9 Å². The third-order valence-corrected chi connectivity index (χ3v) is 4.33. The Hall–Kier alpha value is -3.47. The fourth-order valence-electron chi connectivity index (χ4n) is 3.05. The van der Waals surface area contributed by atoms with Crippen LogP contribution in [0.25, 0.3) is 21.7 Å². The molecule has 5 nitrogen and oxygen atoms in total. The average Bonchev–Trinajstić information content (AvgIpc) is 2.66. The number of nitrogens with zero attached hydrogens (tertiary/aromatic N) is 3. The van der Waals surface area contributed by atoms with Crippen LogP contribution >= 0.6 is 0 Å². The number of aryl methyl sites for hydroxylation is 1. The van der Waals surface area contributed by atoms with Crippen LogP contribution in [0.5, 0.6) is 0 Å². The number of fused-ring (bicyclic) bond motifs is 2. The molecular weight excluding hydrogens is 322 g/mol. The monoisotopic (exact) mass is 341 g/mol. The van der Waals surface area contributed by atoms with Gasteiger partial charge in [0.2, 0.25) is 5.95 Å². The molecule has 0 aliphatic carbocycles. The molecule has 0 atom stereocenters. The highest BCUT2D eigenvalue weighted by molar-refractivity contribution is 5.92. The Labute approximate surface area is 151 Å². The van der Waals surface area contributed by atoms with Crippen molar-refractivity contribution in [1.29, 1.82) is 0 Å². The van der Waals surface area contributed by atoms with Gasteiger partial charge < -0.3 is 5.73 Å². The van der Waals surface area contributed by atoms with Gasteiger partial charge in [-0.15, -0.1) is 0 Å². The zero-order chi connectivity index (χ0) is 17.9. The number of hydrogen-bond donors (Lipinski definition) is 2. The van der Waals surface area contributed by atoms with Crippen molar-refractivity contribution in [3.8, 4) is 0 Å². The summed E-state index contributed by atoms with van der Waals surface area (Å²) in [5.41, 5.74) is 8.96. The lowest BCUT2D eigenvalue weighted by Gasteiger charge is -2.08. The summed E-state index contributed by atoms with van der Waals surface area (Å²) in [6, 6.07) is 22.3. The number of para-hydroxylation sites is 1. The second kappa shape index (κ2) is 6.80. The Morgan fingerprint density at radius 1 is 0.923 bits per heavy atom. The summed E-state index contributed by atoms with van der Waals surface area (Å²) < 4.78 is 0. The number of benzene rings is 3. The molecule has 128 valence electrons. The lowest BCUT2D eigenvalue weighted by molar-refractivity contribution is 1.07. The van der Waals surface area contributed by atoms with Gasteiger partial charge in [-0.25, -0.2) is 15.0 Å². The average molecular weight is 341 g/mol. The Morgan fingerprint density at radius 3 is 2.54 bits per heavy atom. The minimum absolute atomic E-state index is 0.299. The first kappa shape index (κ1) is 16.0. The number of rotatable bonds is 3. The van der Waals surface area contributed by atoms with Gasteiger partial charge in [-0.05, 0) is 29.3 Å². The van der Waals surface area contributed by atoms with Crippen LogP contribution in [0.15, 0.2) is 71.7 Å². The van der Waals surface area contributed by atoms with E-state index >= 15 is 0 Å². The van der Waals surface area contributed by atoms with Crippen molar-refractivity contribution in [2.45, 2.75) is 13.5 Å². The molecule has 1 aromatic heterocycles. The predicted molar refractivity (Wildman–Crippen MR) is 107 cm³/mol. The molecule has 0 radical (unpaired) electrons. The molecule has 0 saturated heterocycles. The van der Waals surface area contributed by atoms with Crippen molar-refractivity contribution in [1.82, 2.24) is 9.97 Å². The quantitative estimate of drug-likeness (QED) is 0.436. The van der Waals surface area contributed by atoms with Gasteiger partial charge in [0.05, 0.1) is 17.8 Å². The lowest BCUT2D eigenvalue weighted by atomic mass is 10.1. The number of aliphatic imine (C=N–C) groups is 1. The van der Waals surface area contributed by atoms with Crippen molar-refractivity contribution in [3.63, 3.8) is 0 Å². The molecule has 0 spiro atoms. The number of hydrogen-bond acceptors (Lipinski definition) is 3. The highest BCUT2D eigenvalue weighted by Crippen LogP contribution is 2.19. The number of aromatic nitrogens is 2. The molecule has 0 unspecified atom stereocenters. The highest BCUT2D eigenvalue weighted by atomic mass is 15.2. The summed E-state index contributed by atoms with van der Waals surface area (Å²) in [4.78, 5) is 13.4. The molecule has 4 aromatic rings. The van der Waals surface area contributed by atoms with Gasteiger partial charge >= 0.3 is 0 Å². The Kier molecular flexibility index (Phi) is 4.19. The third-order valence-electron chi connectivity index (χ3n) is 4.33. The number of nitrogens with one attached hydrogen (secondary N) is 1. The smallest absolute Gasteiger partial charge is 0.230 e. The number of guanidine groups is 1. The highest BCUT2D eigenvalue weighted by Gasteiger charge is 2.05. The molecule has 0 fully saturated rings. The van der Waals surface area contributed by atoms with Crippen molar-refractivity contribution in [2.75, 3.05) is 5.32 Å². The van der Waals surface area contributed by atoms with E-state index in [1.54, 1.807) is 0 Å². The normalized spacial score (nSPS) is 11.8. The molecule has 4 rings (SSSR count). The molecule has 0 bridgehead atoms. The van der Waals surface area contributed by atoms with E-state index in [0.29, 0.717) is 18.5 Å². The van der Waals surface area contributed by atoms with E-state index in [4.69, 9.17) is 5.73 Å². The maximum Gasteiger partial charge on any atom is 0.230 e. The standard InChI is InChI=1S/C21H19N5/c1-14-17-10-4-5-12-19(17)25-21(24-14)26-20(22)23-13-16-9-6-8-15-7-2-3-11-18(15)16/h2-12H,13H2,1H3,(H3,22,23,24,25,26). The van der Waals surface area contributed by atoms with E-state index in [-0.39, 0.29) is 0 Å². The second-order valence-corrected chi connectivity index (χ2v) is 6.11. The van der Waals surface area contributed by atoms with Crippen LogP contribution in [-0.2, 0) is 6.54 Å². The predicted octanol–water partition coefficient (Wildman–Crippen LogP) is 4.02. The number of anilines is 1. The van der Waals surface area contributed by atoms with Gasteiger partial charge in [-0.3, -0.25) is 5.32 Å². The van der Waals surface area contributed by atoms with Gasteiger partial charge in [0.25, 0.3) is 0 Å². The Balaban J connectivity index is 1.57. The first-order valence-corrected chi connectivity index (χ1v) is 8.48. The topological polar surface area (TPSA) is 76.2 Å². The van der Waals surface area contributed by atoms with Gasteiger partial charge in [0.1, 0.15) is 0 Å². The first-order chi connectivity index (χ1) is 12.7. The van der Waals surface area contributed by atoms with Crippen LogP contribution in [0.2, 0.25) is 0 Å². The van der Waals surface area contributed by atoms with E-state index in [0.717, 1.165) is 22.2 Å². The summed E-state index contributed by atoms with van der Waals surface area (Å²) in [6.45, 7) is 2.45. The fourth-order valence-corrected chi connectivity index (χ4v) is 3.05. The molecule has 0 amide bonds. The summed E-state index contributed by atoms with van der Waals surface area (Å²) >= 11 is 0. The van der Waals surface area contributed by atoms with E-state index < -0.39 is 0 Å². The summed E-state index contributed by atoms with van der Waals surface area (Å²) in [6.07, 6.45) is 0. The first-order valence-electron chi connectivity index (χ1n) is 8.48. The second-order valence-electron chi connectivity index (χ2n) is 6.11. The molecule has 3 aromatic carbocycles. The number of nitrogens with two attached hydrogens (primary N) is 1. The molecule has 0 aliphatic rings. The molecule has 3 N–H and O–H groups in total. The van der Waals surface area contributed by atoms with Crippen molar-refractivity contribution < 1.29 is 0 Å². The zero-order valence-corrected chi connectivity index (χ0v) is 14.5. The summed E-state index contributed by atoms with van der Waals surface area (Å²) in [5.74, 6) is 0.757. The van der Waals surface area contributed by atoms with E-state index in [2.05, 4.69) is 44.5 Å². The molecule has 26 heavy (non-hydrogen) atoms. The van der Waals surface area contributed by atoms with Crippen molar-refractivity contribution in [2.24, 2.45) is 10.7 Å². The van der Waals surface area contributed by atoms with Gasteiger partial charge in [-0.2, -0.15) is 0 Å². The largest absolute Gasteiger partial charge is 0.370 e. The summed E-state index contributed by atoms with van der Waals surface area (Å²) in [7, 11) is 0. The van der Waals surface area contributed by atoms with Crippen LogP contribution in [0, 0.1) is 6.92 Å². The van der Waals surface area contributed by atoms with Crippen LogP contribution < -0.4 is 11.1 Å². The SMILES string of the molecule is Cc1nc(NC(N)=NCc2cccc3ccccc23)nc2ccccc12. The van der Waals surface area contributed by atoms with Crippen LogP contribution in [0.4, 0.5) is 5.95 Å². The minimum atomic E-state index is 0.299. The molecule has 0 aliphatic heterocycles. The van der Waals surface area contributed by atoms with E-state index in [1.807, 2.05) is 49.4 Å². The maximum absolute atomic E-state index is 6.05. The van der Waals surface area contributed by atoms with Gasteiger partial charge in [0.15, 0.2) is 5.96 Å². The third kappa shape index (κ3) is 3.19. The van der Waals surface area contributed by atoms with Gasteiger partial charge in [-0.1, -0.05) is 60.7 Å². The zero-order valence-electron chi connectivity index (χ0n) is 14.5. The molecular formula is C21H19N5. The lowest BCUT2D eigenvalue weighted by Crippen LogP contribution is -2.24. The molecule has 5 heteroatoms. The van der Waals surface area contributed by atoms with Crippen molar-refractivity contribution >= 4 is 33.6 Å². The fraction of sp³-hybridized carbons (Fsp3) is 0.0952. The minimum Gasteiger partial charge on any atom is -0.370 e. The summed E-state index contributed by atoms with van der Waals surface area (Å²) in [5, 5.41) is 6.41. The molecule has 0 saturated carbocycles. The Bertz CT molecular complexity index is 1110.